The Balaban J connectivity index is 1.42. The highest BCUT2D eigenvalue weighted by molar-refractivity contribution is 6.08. The lowest BCUT2D eigenvalue weighted by atomic mass is 9.96. The molecule has 27 heavy (non-hydrogen) atoms. The summed E-state index contributed by atoms with van der Waals surface area (Å²) in [5.74, 6) is -1.37. The zero-order valence-corrected chi connectivity index (χ0v) is 15.9. The van der Waals surface area contributed by atoms with Crippen LogP contribution in [0.25, 0.3) is 0 Å². The van der Waals surface area contributed by atoms with Crippen molar-refractivity contribution in [3.8, 4) is 0 Å². The summed E-state index contributed by atoms with van der Waals surface area (Å²) in [6.07, 6.45) is 9.49. The van der Waals surface area contributed by atoms with Crippen molar-refractivity contribution in [2.45, 2.75) is 76.3 Å². The highest BCUT2D eigenvalue weighted by Gasteiger charge is 2.56. The molecule has 150 valence electrons. The van der Waals surface area contributed by atoms with E-state index >= 15 is 0 Å². The SMILES string of the molecule is C[C@]1(C2CC2)NC(=O)N(CC(=O)OCC(=O)NC2CCCCCCC2)C1=O. The van der Waals surface area contributed by atoms with Crippen molar-refractivity contribution in [3.05, 3.63) is 0 Å². The third kappa shape index (κ3) is 4.78. The Morgan fingerprint density at radius 1 is 1.11 bits per heavy atom. The normalized spacial score (nSPS) is 26.9. The van der Waals surface area contributed by atoms with Crippen LogP contribution < -0.4 is 10.6 Å². The zero-order chi connectivity index (χ0) is 19.4. The van der Waals surface area contributed by atoms with Crippen LogP contribution in [0, 0.1) is 5.92 Å². The van der Waals surface area contributed by atoms with Crippen LogP contribution in [0.3, 0.4) is 0 Å². The molecule has 2 N–H and O–H groups in total. The van der Waals surface area contributed by atoms with E-state index in [-0.39, 0.29) is 17.9 Å². The lowest BCUT2D eigenvalue weighted by molar-refractivity contribution is -0.151. The summed E-state index contributed by atoms with van der Waals surface area (Å²) in [7, 11) is 0. The van der Waals surface area contributed by atoms with Crippen molar-refractivity contribution >= 4 is 23.8 Å². The lowest BCUT2D eigenvalue weighted by Crippen LogP contribution is -2.46. The van der Waals surface area contributed by atoms with E-state index in [1.54, 1.807) is 6.92 Å². The topological polar surface area (TPSA) is 105 Å². The predicted molar refractivity (Wildman–Crippen MR) is 96.6 cm³/mol. The molecule has 1 aliphatic heterocycles. The standard InChI is InChI=1S/C19H29N3O5/c1-19(13-9-10-13)17(25)22(18(26)21-19)11-16(24)27-12-15(23)20-14-7-5-3-2-4-6-8-14/h13-14H,2-12H2,1H3,(H,20,23)(H,21,26)/t19-/m1/s1. The third-order valence-corrected chi connectivity index (χ3v) is 5.82. The van der Waals surface area contributed by atoms with Gasteiger partial charge in [0.2, 0.25) is 0 Å². The number of carbonyl (C=O) groups excluding carboxylic acids is 4. The molecule has 0 radical (unpaired) electrons. The fraction of sp³-hybridized carbons (Fsp3) is 0.789. The van der Waals surface area contributed by atoms with Gasteiger partial charge in [0.25, 0.3) is 11.8 Å². The highest BCUT2D eigenvalue weighted by Crippen LogP contribution is 2.42. The molecule has 0 aromatic heterocycles. The van der Waals surface area contributed by atoms with Gasteiger partial charge in [-0.25, -0.2) is 4.79 Å². The number of carbonyl (C=O) groups is 4. The van der Waals surface area contributed by atoms with Gasteiger partial charge in [-0.2, -0.15) is 0 Å². The number of hydrogen-bond donors (Lipinski definition) is 2. The molecular formula is C19H29N3O5. The van der Waals surface area contributed by atoms with Crippen LogP contribution in [0.2, 0.25) is 0 Å². The van der Waals surface area contributed by atoms with Gasteiger partial charge in [-0.15, -0.1) is 0 Å². The summed E-state index contributed by atoms with van der Waals surface area (Å²) in [4.78, 5) is 49.4. The monoisotopic (exact) mass is 379 g/mol. The van der Waals surface area contributed by atoms with Gasteiger partial charge in [-0.05, 0) is 38.5 Å². The average Bonchev–Trinajstić information content (AvgIpc) is 3.42. The molecule has 0 aromatic carbocycles. The minimum Gasteiger partial charge on any atom is -0.454 e. The van der Waals surface area contributed by atoms with Gasteiger partial charge in [0.05, 0.1) is 0 Å². The molecular weight excluding hydrogens is 350 g/mol. The average molecular weight is 379 g/mol. The van der Waals surface area contributed by atoms with Crippen LogP contribution in [0.5, 0.6) is 0 Å². The first-order valence-electron chi connectivity index (χ1n) is 9.99. The quantitative estimate of drug-likeness (QED) is 0.537. The van der Waals surface area contributed by atoms with Gasteiger partial charge >= 0.3 is 12.0 Å². The van der Waals surface area contributed by atoms with Crippen molar-refractivity contribution in [3.63, 3.8) is 0 Å². The molecule has 1 heterocycles. The van der Waals surface area contributed by atoms with Gasteiger partial charge < -0.3 is 15.4 Å². The van der Waals surface area contributed by atoms with E-state index in [1.807, 2.05) is 0 Å². The Labute approximate surface area is 159 Å². The molecule has 3 rings (SSSR count). The molecule has 0 unspecified atom stereocenters. The Hall–Kier alpha value is -2.12. The van der Waals surface area contributed by atoms with Crippen molar-refractivity contribution in [1.29, 1.82) is 0 Å². The van der Waals surface area contributed by atoms with Crippen molar-refractivity contribution in [2.24, 2.45) is 5.92 Å². The number of urea groups is 1. The number of ether oxygens (including phenoxy) is 1. The molecule has 8 nitrogen and oxygen atoms in total. The Bertz CT molecular complexity index is 610. The molecule has 2 saturated carbocycles. The van der Waals surface area contributed by atoms with E-state index in [1.165, 1.54) is 19.3 Å². The van der Waals surface area contributed by atoms with Crippen molar-refractivity contribution in [2.75, 3.05) is 13.2 Å². The molecule has 8 heteroatoms. The van der Waals surface area contributed by atoms with Gasteiger partial charge in [-0.1, -0.05) is 32.1 Å². The summed E-state index contributed by atoms with van der Waals surface area (Å²) in [6.45, 7) is 0.835. The molecule has 0 aromatic rings. The maximum absolute atomic E-state index is 12.5. The first-order valence-corrected chi connectivity index (χ1v) is 9.99. The second-order valence-corrected chi connectivity index (χ2v) is 8.07. The molecule has 2 aliphatic carbocycles. The van der Waals surface area contributed by atoms with Crippen molar-refractivity contribution < 1.29 is 23.9 Å². The summed E-state index contributed by atoms with van der Waals surface area (Å²) >= 11 is 0. The number of esters is 1. The third-order valence-electron chi connectivity index (χ3n) is 5.82. The van der Waals surface area contributed by atoms with Crippen LogP contribution in [-0.4, -0.2) is 53.4 Å². The summed E-state index contributed by atoms with van der Waals surface area (Å²) in [5.41, 5.74) is -0.924. The first kappa shape index (κ1) is 19.6. The van der Waals surface area contributed by atoms with Crippen LogP contribution in [0.4, 0.5) is 4.79 Å². The second kappa shape index (κ2) is 8.27. The van der Waals surface area contributed by atoms with Crippen LogP contribution in [0.1, 0.15) is 64.7 Å². The van der Waals surface area contributed by atoms with Gasteiger partial charge in [0.15, 0.2) is 6.61 Å². The Morgan fingerprint density at radius 3 is 2.37 bits per heavy atom. The molecule has 0 bridgehead atoms. The van der Waals surface area contributed by atoms with E-state index in [9.17, 15) is 19.2 Å². The summed E-state index contributed by atoms with van der Waals surface area (Å²) in [6, 6.07) is -0.452. The van der Waals surface area contributed by atoms with Gasteiger partial charge in [-0.3, -0.25) is 19.3 Å². The van der Waals surface area contributed by atoms with Gasteiger partial charge in [0.1, 0.15) is 12.1 Å². The first-order chi connectivity index (χ1) is 12.9. The Kier molecular flexibility index (Phi) is 6.01. The predicted octanol–water partition coefficient (Wildman–Crippen LogP) is 1.48. The van der Waals surface area contributed by atoms with E-state index in [0.29, 0.717) is 0 Å². The van der Waals surface area contributed by atoms with E-state index < -0.39 is 36.6 Å². The van der Waals surface area contributed by atoms with Crippen molar-refractivity contribution in [1.82, 2.24) is 15.5 Å². The number of rotatable bonds is 6. The molecule has 0 spiro atoms. The van der Waals surface area contributed by atoms with E-state index in [2.05, 4.69) is 10.6 Å². The van der Waals surface area contributed by atoms with Crippen LogP contribution >= 0.6 is 0 Å². The number of nitrogens with one attached hydrogen (secondary N) is 2. The van der Waals surface area contributed by atoms with Crippen LogP contribution in [0.15, 0.2) is 0 Å². The molecule has 1 atom stereocenters. The maximum atomic E-state index is 12.5. The smallest absolute Gasteiger partial charge is 0.326 e. The fourth-order valence-electron chi connectivity index (χ4n) is 3.99. The Morgan fingerprint density at radius 2 is 1.74 bits per heavy atom. The lowest BCUT2D eigenvalue weighted by Gasteiger charge is -2.21. The highest BCUT2D eigenvalue weighted by atomic mass is 16.5. The maximum Gasteiger partial charge on any atom is 0.326 e. The number of imide groups is 1. The summed E-state index contributed by atoms with van der Waals surface area (Å²) < 4.78 is 4.98. The number of hydrogen-bond acceptors (Lipinski definition) is 5. The fourth-order valence-corrected chi connectivity index (χ4v) is 3.99. The van der Waals surface area contributed by atoms with E-state index in [0.717, 1.165) is 43.4 Å². The molecule has 1 saturated heterocycles. The van der Waals surface area contributed by atoms with Gasteiger partial charge in [0, 0.05) is 6.04 Å². The number of amides is 4. The summed E-state index contributed by atoms with van der Waals surface area (Å²) in [5, 5.41) is 5.59. The zero-order valence-electron chi connectivity index (χ0n) is 15.9. The van der Waals surface area contributed by atoms with Crippen LogP contribution in [-0.2, 0) is 19.1 Å². The number of nitrogens with zero attached hydrogens (tertiary/aromatic N) is 1. The molecule has 3 fully saturated rings. The van der Waals surface area contributed by atoms with E-state index in [4.69, 9.17) is 4.74 Å². The second-order valence-electron chi connectivity index (χ2n) is 8.07. The minimum absolute atomic E-state index is 0.127. The minimum atomic E-state index is -0.924. The molecule has 4 amide bonds. The molecule has 3 aliphatic rings. The largest absolute Gasteiger partial charge is 0.454 e.